The molecule has 110 valence electrons. The minimum atomic E-state index is -0.461. The summed E-state index contributed by atoms with van der Waals surface area (Å²) in [5.41, 5.74) is 1.16. The van der Waals surface area contributed by atoms with Gasteiger partial charge in [0.25, 0.3) is 0 Å². The Morgan fingerprint density at radius 1 is 1.45 bits per heavy atom. The Bertz CT molecular complexity index is 460. The molecule has 3 nitrogen and oxygen atoms in total. The van der Waals surface area contributed by atoms with Crippen LogP contribution in [0.5, 0.6) is 0 Å². The first-order chi connectivity index (χ1) is 9.52. The highest BCUT2D eigenvalue weighted by Gasteiger charge is 2.43. The molecule has 0 aromatic heterocycles. The molecular formula is C16H22ClNO2. The minimum Gasteiger partial charge on any atom is -0.391 e. The molecule has 0 radical (unpaired) electrons. The number of carbonyl (C=O) groups excluding carboxylic acids is 1. The van der Waals surface area contributed by atoms with Gasteiger partial charge in [-0.3, -0.25) is 4.79 Å². The van der Waals surface area contributed by atoms with E-state index in [0.717, 1.165) is 18.4 Å². The maximum absolute atomic E-state index is 12.0. The van der Waals surface area contributed by atoms with Crippen LogP contribution in [0.3, 0.4) is 0 Å². The quantitative estimate of drug-likeness (QED) is 0.848. The summed E-state index contributed by atoms with van der Waals surface area (Å²) in [6.45, 7) is 4.37. The van der Waals surface area contributed by atoms with Crippen LogP contribution in [0.1, 0.15) is 38.2 Å². The van der Waals surface area contributed by atoms with E-state index in [9.17, 15) is 9.90 Å². The first kappa shape index (κ1) is 15.3. The van der Waals surface area contributed by atoms with Crippen molar-refractivity contribution in [3.63, 3.8) is 0 Å². The predicted octanol–water partition coefficient (Wildman–Crippen LogP) is 2.97. The number of halogens is 1. The molecule has 1 fully saturated rings. The van der Waals surface area contributed by atoms with Gasteiger partial charge in [0, 0.05) is 17.5 Å². The molecule has 0 spiro atoms. The molecule has 1 saturated carbocycles. The second-order valence-corrected chi connectivity index (χ2v) is 6.13. The molecular weight excluding hydrogens is 274 g/mol. The van der Waals surface area contributed by atoms with Crippen molar-refractivity contribution in [1.29, 1.82) is 0 Å². The van der Waals surface area contributed by atoms with Gasteiger partial charge in [-0.2, -0.15) is 0 Å². The highest BCUT2D eigenvalue weighted by Crippen LogP contribution is 2.47. The molecule has 1 aromatic rings. The van der Waals surface area contributed by atoms with Crippen LogP contribution in [0.4, 0.5) is 0 Å². The molecule has 0 aliphatic heterocycles. The van der Waals surface area contributed by atoms with Gasteiger partial charge in [-0.05, 0) is 36.0 Å². The lowest BCUT2D eigenvalue weighted by Crippen LogP contribution is -2.36. The Labute approximate surface area is 125 Å². The molecule has 1 amide bonds. The summed E-state index contributed by atoms with van der Waals surface area (Å²) in [6.07, 6.45) is 1.33. The monoisotopic (exact) mass is 295 g/mol. The third-order valence-corrected chi connectivity index (χ3v) is 4.46. The Morgan fingerprint density at radius 3 is 2.70 bits per heavy atom. The molecule has 1 aliphatic carbocycles. The fraction of sp³-hybridized carbons (Fsp3) is 0.562. The average molecular weight is 296 g/mol. The summed E-state index contributed by atoms with van der Waals surface area (Å²) >= 11 is 5.86. The Morgan fingerprint density at radius 2 is 2.10 bits per heavy atom. The van der Waals surface area contributed by atoms with E-state index in [-0.39, 0.29) is 17.7 Å². The highest BCUT2D eigenvalue weighted by molar-refractivity contribution is 6.30. The van der Waals surface area contributed by atoms with Crippen molar-refractivity contribution >= 4 is 17.5 Å². The lowest BCUT2D eigenvalue weighted by Gasteiger charge is -2.17. The maximum Gasteiger partial charge on any atom is 0.223 e. The molecule has 0 saturated heterocycles. The third-order valence-electron chi connectivity index (χ3n) is 4.21. The van der Waals surface area contributed by atoms with Crippen molar-refractivity contribution in [1.82, 2.24) is 5.32 Å². The fourth-order valence-electron chi connectivity index (χ4n) is 2.37. The van der Waals surface area contributed by atoms with E-state index in [1.54, 1.807) is 0 Å². The SMILES string of the molecule is CCC(C)C(O)CNC(=O)C1CC1c1ccc(Cl)cc1. The summed E-state index contributed by atoms with van der Waals surface area (Å²) < 4.78 is 0. The van der Waals surface area contributed by atoms with E-state index in [1.165, 1.54) is 0 Å². The number of aliphatic hydroxyl groups is 1. The van der Waals surface area contributed by atoms with Crippen LogP contribution in [0.15, 0.2) is 24.3 Å². The molecule has 4 unspecified atom stereocenters. The van der Waals surface area contributed by atoms with Crippen LogP contribution >= 0.6 is 11.6 Å². The van der Waals surface area contributed by atoms with Crippen LogP contribution < -0.4 is 5.32 Å². The van der Waals surface area contributed by atoms with Gasteiger partial charge < -0.3 is 10.4 Å². The standard InChI is InChI=1S/C16H22ClNO2/c1-3-10(2)15(19)9-18-16(20)14-8-13(14)11-4-6-12(17)7-5-11/h4-7,10,13-15,19H,3,8-9H2,1-2H3,(H,18,20). The van der Waals surface area contributed by atoms with Crippen LogP contribution in [-0.2, 0) is 4.79 Å². The maximum atomic E-state index is 12.0. The molecule has 2 N–H and O–H groups in total. The number of benzene rings is 1. The van der Waals surface area contributed by atoms with Crippen LogP contribution in [-0.4, -0.2) is 23.7 Å². The van der Waals surface area contributed by atoms with Gasteiger partial charge in [0.15, 0.2) is 0 Å². The minimum absolute atomic E-state index is 0.0420. The van der Waals surface area contributed by atoms with E-state index < -0.39 is 6.10 Å². The van der Waals surface area contributed by atoms with Crippen molar-refractivity contribution in [2.45, 2.75) is 38.7 Å². The number of hydrogen-bond acceptors (Lipinski definition) is 2. The molecule has 4 heteroatoms. The van der Waals surface area contributed by atoms with Crippen molar-refractivity contribution in [2.75, 3.05) is 6.54 Å². The summed E-state index contributed by atoms with van der Waals surface area (Å²) in [5, 5.41) is 13.4. The molecule has 20 heavy (non-hydrogen) atoms. The van der Waals surface area contributed by atoms with Gasteiger partial charge in [-0.1, -0.05) is 44.0 Å². The number of nitrogens with one attached hydrogen (secondary N) is 1. The molecule has 2 rings (SSSR count). The van der Waals surface area contributed by atoms with Crippen LogP contribution in [0.2, 0.25) is 5.02 Å². The van der Waals surface area contributed by atoms with E-state index in [0.29, 0.717) is 17.5 Å². The van der Waals surface area contributed by atoms with Gasteiger partial charge in [0.1, 0.15) is 0 Å². The fourth-order valence-corrected chi connectivity index (χ4v) is 2.50. The van der Waals surface area contributed by atoms with Gasteiger partial charge in [0.05, 0.1) is 6.10 Å². The Balaban J connectivity index is 1.80. The highest BCUT2D eigenvalue weighted by atomic mass is 35.5. The molecule has 1 aliphatic rings. The van der Waals surface area contributed by atoms with Crippen molar-refractivity contribution < 1.29 is 9.90 Å². The second kappa shape index (κ2) is 6.59. The first-order valence-corrected chi connectivity index (χ1v) is 7.62. The zero-order valence-corrected chi connectivity index (χ0v) is 12.7. The molecule has 1 aromatic carbocycles. The van der Waals surface area contributed by atoms with Crippen molar-refractivity contribution in [3.05, 3.63) is 34.9 Å². The number of aliphatic hydroxyl groups excluding tert-OH is 1. The van der Waals surface area contributed by atoms with E-state index >= 15 is 0 Å². The van der Waals surface area contributed by atoms with Crippen molar-refractivity contribution in [3.8, 4) is 0 Å². The predicted molar refractivity (Wildman–Crippen MR) is 80.8 cm³/mol. The third kappa shape index (κ3) is 3.74. The van der Waals surface area contributed by atoms with Gasteiger partial charge in [0.2, 0.25) is 5.91 Å². The summed E-state index contributed by atoms with van der Waals surface area (Å²) in [4.78, 5) is 12.0. The number of amides is 1. The van der Waals surface area contributed by atoms with Gasteiger partial charge in [-0.25, -0.2) is 0 Å². The Hall–Kier alpha value is -1.06. The number of hydrogen-bond donors (Lipinski definition) is 2. The average Bonchev–Trinajstić information content (AvgIpc) is 3.24. The van der Waals surface area contributed by atoms with Gasteiger partial charge >= 0.3 is 0 Å². The van der Waals surface area contributed by atoms with Gasteiger partial charge in [-0.15, -0.1) is 0 Å². The molecule has 4 atom stereocenters. The lowest BCUT2D eigenvalue weighted by atomic mass is 10.0. The largest absolute Gasteiger partial charge is 0.391 e. The van der Waals surface area contributed by atoms with E-state index in [4.69, 9.17) is 11.6 Å². The van der Waals surface area contributed by atoms with E-state index in [1.807, 2.05) is 38.1 Å². The Kier molecular flexibility index (Phi) is 5.06. The number of carbonyl (C=O) groups is 1. The second-order valence-electron chi connectivity index (χ2n) is 5.70. The summed E-state index contributed by atoms with van der Waals surface area (Å²) in [6, 6.07) is 7.68. The van der Waals surface area contributed by atoms with Crippen molar-refractivity contribution in [2.24, 2.45) is 11.8 Å². The zero-order chi connectivity index (χ0) is 14.7. The van der Waals surface area contributed by atoms with Crippen LogP contribution in [0.25, 0.3) is 0 Å². The molecule has 0 heterocycles. The zero-order valence-electron chi connectivity index (χ0n) is 12.0. The topological polar surface area (TPSA) is 49.3 Å². The summed E-state index contributed by atoms with van der Waals surface area (Å²) in [5.74, 6) is 0.599. The smallest absolute Gasteiger partial charge is 0.223 e. The number of rotatable bonds is 6. The lowest BCUT2D eigenvalue weighted by molar-refractivity contribution is -0.123. The normalized spacial score (nSPS) is 24.0. The first-order valence-electron chi connectivity index (χ1n) is 7.24. The van der Waals surface area contributed by atoms with E-state index in [2.05, 4.69) is 5.32 Å². The molecule has 0 bridgehead atoms. The summed E-state index contributed by atoms with van der Waals surface area (Å²) in [7, 11) is 0. The van der Waals surface area contributed by atoms with Crippen LogP contribution in [0, 0.1) is 11.8 Å².